The van der Waals surface area contributed by atoms with Gasteiger partial charge in [-0.25, -0.2) is 4.79 Å². The minimum atomic E-state index is -1.23. The zero-order valence-electron chi connectivity index (χ0n) is 3.38. The van der Waals surface area contributed by atoms with Crippen molar-refractivity contribution in [3.8, 4) is 0 Å². The molecule has 0 saturated carbocycles. The van der Waals surface area contributed by atoms with Crippen LogP contribution in [0.5, 0.6) is 0 Å². The Morgan fingerprint density at radius 3 is 2.00 bits per heavy atom. The van der Waals surface area contributed by atoms with Crippen LogP contribution >= 0.6 is 0 Å². The van der Waals surface area contributed by atoms with E-state index in [0.717, 1.165) is 0 Å². The monoisotopic (exact) mass is 91.0 g/mol. The van der Waals surface area contributed by atoms with Crippen molar-refractivity contribution in [2.24, 2.45) is 0 Å². The van der Waals surface area contributed by atoms with Gasteiger partial charge in [0.15, 0.2) is 0 Å². The zero-order valence-corrected chi connectivity index (χ0v) is 3.38. The summed E-state index contributed by atoms with van der Waals surface area (Å²) in [7, 11) is 0. The summed E-state index contributed by atoms with van der Waals surface area (Å²) in [4.78, 5) is 9.45. The summed E-state index contributed by atoms with van der Waals surface area (Å²) in [5, 5.41) is 15.8. The molecule has 0 fully saturated rings. The summed E-state index contributed by atoms with van der Waals surface area (Å²) in [6.45, 7) is 1.20. The molecule has 0 rings (SSSR count). The van der Waals surface area contributed by atoms with E-state index in [-0.39, 0.29) is 0 Å². The smallest absolute Gasteiger partial charge is 0.332 e. The van der Waals surface area contributed by atoms with E-state index in [1.54, 1.807) is 0 Å². The van der Waals surface area contributed by atoms with Gasteiger partial charge in [0.05, 0.1) is 0 Å². The molecule has 6 heavy (non-hydrogen) atoms. The number of aliphatic carboxylic acids is 1. The van der Waals surface area contributed by atoms with E-state index in [9.17, 15) is 4.79 Å². The lowest BCUT2D eigenvalue weighted by Gasteiger charge is -1.89. The Labute approximate surface area is 35.2 Å². The average Bonchev–Trinajstić information content (AvgIpc) is 1.36. The predicted molar refractivity (Wildman–Crippen MR) is 19.3 cm³/mol. The molecule has 0 aliphatic carbocycles. The summed E-state index contributed by atoms with van der Waals surface area (Å²) in [6.07, 6.45) is -1.23. The Morgan fingerprint density at radius 2 is 2.00 bits per heavy atom. The first-order valence-corrected chi connectivity index (χ1v) is 1.55. The fraction of sp³-hybridized carbons (Fsp3) is 0.667. The molecule has 0 spiro atoms. The molecule has 1 atom stereocenters. The molecule has 2 N–H and O–H groups in total. The second-order valence-corrected chi connectivity index (χ2v) is 1.01. The lowest BCUT2D eigenvalue weighted by atomic mass is 10.8. The van der Waals surface area contributed by atoms with Gasteiger partial charge in [0.1, 0.15) is 6.10 Å². The van der Waals surface area contributed by atoms with E-state index < -0.39 is 12.1 Å². The van der Waals surface area contributed by atoms with Crippen molar-refractivity contribution in [3.63, 3.8) is 0 Å². The molecular weight excluding hydrogens is 85.0 g/mol. The lowest BCUT2D eigenvalue weighted by Crippen LogP contribution is -2.13. The topological polar surface area (TPSA) is 57.5 Å². The van der Waals surface area contributed by atoms with E-state index in [1.165, 1.54) is 6.92 Å². The Bertz CT molecular complexity index is 57.1. The Hall–Kier alpha value is -0.570. The van der Waals surface area contributed by atoms with Crippen molar-refractivity contribution in [1.82, 2.24) is 0 Å². The van der Waals surface area contributed by atoms with Gasteiger partial charge in [-0.05, 0) is 6.92 Å². The van der Waals surface area contributed by atoms with Crippen LogP contribution in [0.4, 0.5) is 0 Å². The van der Waals surface area contributed by atoms with E-state index in [1.807, 2.05) is 0 Å². The Kier molecular flexibility index (Phi) is 1.60. The van der Waals surface area contributed by atoms with Gasteiger partial charge in [0.25, 0.3) is 0 Å². The summed E-state index contributed by atoms with van der Waals surface area (Å²) < 4.78 is 0. The number of carboxylic acid groups (broad SMARTS) is 1. The fourth-order valence-electron chi connectivity index (χ4n) is 0. The summed E-state index contributed by atoms with van der Waals surface area (Å²) >= 11 is 0. The molecule has 0 aliphatic heterocycles. The molecule has 1 unspecified atom stereocenters. The number of aliphatic hydroxyl groups is 1. The molecule has 3 nitrogen and oxygen atoms in total. The van der Waals surface area contributed by atoms with Crippen molar-refractivity contribution in [2.45, 2.75) is 13.0 Å². The lowest BCUT2D eigenvalue weighted by molar-refractivity contribution is -0.145. The van der Waals surface area contributed by atoms with Crippen molar-refractivity contribution in [3.05, 3.63) is 0 Å². The highest BCUT2D eigenvalue weighted by Crippen LogP contribution is 1.73. The normalized spacial score (nSPS) is 13.7. The molecule has 0 bridgehead atoms. The average molecular weight is 91.1 g/mol. The maximum absolute atomic E-state index is 9.45. The molecule has 0 aromatic rings. The molecule has 0 aromatic heterocycles. The van der Waals surface area contributed by atoms with E-state index in [0.29, 0.717) is 0 Å². The predicted octanol–water partition coefficient (Wildman–Crippen LogP) is -0.548. The van der Waals surface area contributed by atoms with Crippen molar-refractivity contribution in [2.75, 3.05) is 0 Å². The first-order chi connectivity index (χ1) is 2.64. The molecule has 0 radical (unpaired) electrons. The van der Waals surface area contributed by atoms with Crippen LogP contribution in [0.3, 0.4) is 0 Å². The highest BCUT2D eigenvalue weighted by atomic mass is 16.4. The number of hydrogen-bond donors (Lipinski definition) is 2. The Morgan fingerprint density at radius 1 is 1.83 bits per heavy atom. The molecule has 3 heteroatoms. The van der Waals surface area contributed by atoms with Gasteiger partial charge in [0.2, 0.25) is 0 Å². The van der Waals surface area contributed by atoms with Crippen molar-refractivity contribution < 1.29 is 15.0 Å². The number of carboxylic acids is 1. The minimum absolute atomic E-state index is 1.19. The standard InChI is InChI=1S/C3H6O3/c1-2(4)3(5)6/h2,4H,1H3,(H,5,6)/i2+1. The zero-order chi connectivity index (χ0) is 5.15. The van der Waals surface area contributed by atoms with Gasteiger partial charge in [0, 0.05) is 0 Å². The van der Waals surface area contributed by atoms with Gasteiger partial charge in [-0.2, -0.15) is 0 Å². The first kappa shape index (κ1) is 5.43. The molecule has 0 saturated heterocycles. The highest BCUT2D eigenvalue weighted by molar-refractivity contribution is 5.71. The van der Waals surface area contributed by atoms with Gasteiger partial charge >= 0.3 is 5.97 Å². The number of rotatable bonds is 1. The van der Waals surface area contributed by atoms with Crippen LogP contribution in [-0.4, -0.2) is 22.3 Å². The molecule has 0 aromatic carbocycles. The molecular formula is C3H6O3. The van der Waals surface area contributed by atoms with Crippen LogP contribution in [-0.2, 0) is 4.79 Å². The van der Waals surface area contributed by atoms with E-state index in [4.69, 9.17) is 10.2 Å². The maximum atomic E-state index is 9.45. The SMILES string of the molecule is C[13CH](O)C(=O)O. The quantitative estimate of drug-likeness (QED) is 0.426. The largest absolute Gasteiger partial charge is 0.479 e. The third-order valence-electron chi connectivity index (χ3n) is 0.357. The number of hydrogen-bond acceptors (Lipinski definition) is 2. The van der Waals surface area contributed by atoms with Crippen molar-refractivity contribution in [1.29, 1.82) is 0 Å². The summed E-state index contributed by atoms with van der Waals surface area (Å²) in [5.41, 5.74) is 0. The van der Waals surface area contributed by atoms with Crippen LogP contribution in [0.25, 0.3) is 0 Å². The molecule has 0 heterocycles. The van der Waals surface area contributed by atoms with Gasteiger partial charge < -0.3 is 10.2 Å². The van der Waals surface area contributed by atoms with Crippen LogP contribution in [0, 0.1) is 0 Å². The maximum Gasteiger partial charge on any atom is 0.332 e. The van der Waals surface area contributed by atoms with Crippen LogP contribution < -0.4 is 0 Å². The first-order valence-electron chi connectivity index (χ1n) is 1.55. The fourth-order valence-corrected chi connectivity index (χ4v) is 0. The van der Waals surface area contributed by atoms with Crippen LogP contribution in [0.15, 0.2) is 0 Å². The van der Waals surface area contributed by atoms with Gasteiger partial charge in [-0.1, -0.05) is 0 Å². The molecule has 36 valence electrons. The van der Waals surface area contributed by atoms with Crippen LogP contribution in [0.2, 0.25) is 0 Å². The third-order valence-corrected chi connectivity index (χ3v) is 0.357. The number of aliphatic hydroxyl groups excluding tert-OH is 1. The van der Waals surface area contributed by atoms with Crippen molar-refractivity contribution >= 4 is 5.97 Å². The van der Waals surface area contributed by atoms with Gasteiger partial charge in [-0.3, -0.25) is 0 Å². The Balaban J connectivity index is 3.26. The second kappa shape index (κ2) is 1.77. The minimum Gasteiger partial charge on any atom is -0.479 e. The molecule has 0 aliphatic rings. The third kappa shape index (κ3) is 1.72. The van der Waals surface area contributed by atoms with Gasteiger partial charge in [-0.15, -0.1) is 0 Å². The van der Waals surface area contributed by atoms with E-state index >= 15 is 0 Å². The van der Waals surface area contributed by atoms with E-state index in [2.05, 4.69) is 0 Å². The number of carbonyl (C=O) groups is 1. The second-order valence-electron chi connectivity index (χ2n) is 1.01. The van der Waals surface area contributed by atoms with Crippen LogP contribution in [0.1, 0.15) is 6.92 Å². The molecule has 0 amide bonds. The highest BCUT2D eigenvalue weighted by Gasteiger charge is 2.01. The summed E-state index contributed by atoms with van der Waals surface area (Å²) in [5.74, 6) is -1.19. The summed E-state index contributed by atoms with van der Waals surface area (Å²) in [6, 6.07) is 0.